The van der Waals surface area contributed by atoms with Crippen molar-refractivity contribution in [1.82, 2.24) is 4.98 Å². The molecule has 2 N–H and O–H groups in total. The maximum Gasteiger partial charge on any atom is 0.261 e. The Hall–Kier alpha value is -1.26. The third kappa shape index (κ3) is 2.53. The summed E-state index contributed by atoms with van der Waals surface area (Å²) in [5.41, 5.74) is 9.01. The molecule has 0 amide bonds. The van der Waals surface area contributed by atoms with Crippen molar-refractivity contribution < 1.29 is 4.42 Å². The molecular weight excluding hydrogens is 232 g/mol. The maximum atomic E-state index is 5.74. The van der Waals surface area contributed by atoms with Gasteiger partial charge in [0.05, 0.1) is 5.69 Å². The number of hydrogen-bond donors (Lipinski definition) is 1. The minimum Gasteiger partial charge on any atom is -0.436 e. The molecule has 0 radical (unpaired) electrons. The van der Waals surface area contributed by atoms with Crippen LogP contribution in [-0.4, -0.2) is 4.98 Å². The summed E-state index contributed by atoms with van der Waals surface area (Å²) in [7, 11) is 0. The van der Waals surface area contributed by atoms with E-state index in [1.807, 2.05) is 26.0 Å². The normalized spacial score (nSPS) is 10.8. The third-order valence-corrected chi connectivity index (χ3v) is 3.85. The number of oxazole rings is 1. The fourth-order valence-corrected chi connectivity index (χ4v) is 2.63. The van der Waals surface area contributed by atoms with Crippen LogP contribution in [0.25, 0.3) is 0 Å². The van der Waals surface area contributed by atoms with Crippen LogP contribution in [0.5, 0.6) is 0 Å². The Balaban J connectivity index is 2.35. The van der Waals surface area contributed by atoms with Crippen molar-refractivity contribution in [1.29, 1.82) is 0 Å². The van der Waals surface area contributed by atoms with Crippen molar-refractivity contribution in [2.75, 3.05) is 0 Å². The molecule has 0 saturated heterocycles. The van der Waals surface area contributed by atoms with Gasteiger partial charge in [-0.25, -0.2) is 4.98 Å². The van der Waals surface area contributed by atoms with E-state index < -0.39 is 0 Å². The minimum absolute atomic E-state index is 0.530. The lowest BCUT2D eigenvalue weighted by molar-refractivity contribution is 0.431. The monoisotopic (exact) mass is 248 g/mol. The van der Waals surface area contributed by atoms with Crippen LogP contribution in [0.3, 0.4) is 0 Å². The van der Waals surface area contributed by atoms with E-state index in [9.17, 15) is 0 Å². The molecule has 4 heteroatoms. The van der Waals surface area contributed by atoms with Crippen LogP contribution in [0.15, 0.2) is 32.7 Å². The molecule has 0 aliphatic carbocycles. The van der Waals surface area contributed by atoms with E-state index in [1.165, 1.54) is 5.56 Å². The van der Waals surface area contributed by atoms with Crippen LogP contribution in [0.4, 0.5) is 0 Å². The third-order valence-electron chi connectivity index (χ3n) is 2.71. The average molecular weight is 248 g/mol. The molecule has 0 saturated carbocycles. The van der Waals surface area contributed by atoms with E-state index in [0.717, 1.165) is 21.9 Å². The first-order valence-corrected chi connectivity index (χ1v) is 6.34. The molecule has 0 bridgehead atoms. The number of nitrogens with zero attached hydrogens (tertiary/aromatic N) is 1. The molecule has 0 aliphatic heterocycles. The van der Waals surface area contributed by atoms with Gasteiger partial charge < -0.3 is 10.2 Å². The Labute approximate surface area is 105 Å². The van der Waals surface area contributed by atoms with Gasteiger partial charge in [0.1, 0.15) is 5.76 Å². The molecule has 0 atom stereocenters. The first-order chi connectivity index (χ1) is 8.11. The van der Waals surface area contributed by atoms with Crippen LogP contribution < -0.4 is 5.73 Å². The highest BCUT2D eigenvalue weighted by Gasteiger charge is 2.11. The van der Waals surface area contributed by atoms with Gasteiger partial charge in [0.25, 0.3) is 5.22 Å². The number of rotatable bonds is 3. The molecule has 1 heterocycles. The van der Waals surface area contributed by atoms with Gasteiger partial charge in [0.15, 0.2) is 0 Å². The largest absolute Gasteiger partial charge is 0.436 e. The number of hydrogen-bond acceptors (Lipinski definition) is 4. The molecule has 0 aliphatic rings. The lowest BCUT2D eigenvalue weighted by Crippen LogP contribution is -1.99. The summed E-state index contributed by atoms with van der Waals surface area (Å²) < 4.78 is 5.58. The van der Waals surface area contributed by atoms with Crippen molar-refractivity contribution in [2.45, 2.75) is 37.4 Å². The molecule has 1 aromatic carbocycles. The van der Waals surface area contributed by atoms with Crippen LogP contribution >= 0.6 is 11.8 Å². The Bertz CT molecular complexity index is 515. The minimum atomic E-state index is 0.530. The van der Waals surface area contributed by atoms with Gasteiger partial charge in [-0.05, 0) is 43.7 Å². The van der Waals surface area contributed by atoms with Crippen molar-refractivity contribution in [3.8, 4) is 0 Å². The molecular formula is C13H16N2OS. The number of aromatic nitrogens is 1. The number of aryl methyl sites for hydroxylation is 3. The predicted molar refractivity (Wildman–Crippen MR) is 69.2 cm³/mol. The van der Waals surface area contributed by atoms with Crippen molar-refractivity contribution in [2.24, 2.45) is 5.73 Å². The van der Waals surface area contributed by atoms with Gasteiger partial charge in [-0.15, -0.1) is 0 Å². The summed E-state index contributed by atoms with van der Waals surface area (Å²) in [5.74, 6) is 0.871. The van der Waals surface area contributed by atoms with Crippen LogP contribution in [-0.2, 0) is 6.54 Å². The SMILES string of the molecule is Cc1cccc(CN)c1Sc1nc(C)c(C)o1. The van der Waals surface area contributed by atoms with Crippen molar-refractivity contribution in [3.05, 3.63) is 40.8 Å². The quantitative estimate of drug-likeness (QED) is 0.906. The lowest BCUT2D eigenvalue weighted by atomic mass is 10.1. The van der Waals surface area contributed by atoms with Gasteiger partial charge in [-0.2, -0.15) is 0 Å². The van der Waals surface area contributed by atoms with E-state index in [4.69, 9.17) is 10.2 Å². The maximum absolute atomic E-state index is 5.74. The van der Waals surface area contributed by atoms with Crippen LogP contribution in [0.1, 0.15) is 22.6 Å². The molecule has 0 unspecified atom stereocenters. The lowest BCUT2D eigenvalue weighted by Gasteiger charge is -2.08. The molecule has 90 valence electrons. The number of nitrogens with two attached hydrogens (primary N) is 1. The standard InChI is InChI=1S/C13H16N2OS/c1-8-5-4-6-11(7-14)12(8)17-13-15-9(2)10(3)16-13/h4-6H,7,14H2,1-3H3. The molecule has 3 nitrogen and oxygen atoms in total. The van der Waals surface area contributed by atoms with E-state index in [2.05, 4.69) is 18.0 Å². The molecule has 0 spiro atoms. The molecule has 0 fully saturated rings. The zero-order valence-electron chi connectivity index (χ0n) is 10.3. The first-order valence-electron chi connectivity index (χ1n) is 5.52. The molecule has 2 rings (SSSR count). The Morgan fingerprint density at radius 2 is 2.06 bits per heavy atom. The summed E-state index contributed by atoms with van der Waals surface area (Å²) in [6.07, 6.45) is 0. The Kier molecular flexibility index (Phi) is 3.54. The highest BCUT2D eigenvalue weighted by molar-refractivity contribution is 7.99. The second-order valence-corrected chi connectivity index (χ2v) is 4.95. The molecule has 17 heavy (non-hydrogen) atoms. The van der Waals surface area contributed by atoms with Crippen LogP contribution in [0, 0.1) is 20.8 Å². The van der Waals surface area contributed by atoms with E-state index in [-0.39, 0.29) is 0 Å². The summed E-state index contributed by atoms with van der Waals surface area (Å²) >= 11 is 1.54. The van der Waals surface area contributed by atoms with Crippen molar-refractivity contribution >= 4 is 11.8 Å². The van der Waals surface area contributed by atoms with Crippen molar-refractivity contribution in [3.63, 3.8) is 0 Å². The van der Waals surface area contributed by atoms with Gasteiger partial charge in [0, 0.05) is 11.4 Å². The summed E-state index contributed by atoms with van der Waals surface area (Å²) in [6, 6.07) is 6.13. The van der Waals surface area contributed by atoms with Crippen LogP contribution in [0.2, 0.25) is 0 Å². The van der Waals surface area contributed by atoms with Gasteiger partial charge in [-0.3, -0.25) is 0 Å². The Morgan fingerprint density at radius 1 is 1.29 bits per heavy atom. The molecule has 2 aromatic rings. The van der Waals surface area contributed by atoms with E-state index >= 15 is 0 Å². The van der Waals surface area contributed by atoms with E-state index in [0.29, 0.717) is 11.8 Å². The van der Waals surface area contributed by atoms with E-state index in [1.54, 1.807) is 11.8 Å². The number of benzene rings is 1. The predicted octanol–water partition coefficient (Wildman–Crippen LogP) is 3.21. The highest BCUT2D eigenvalue weighted by atomic mass is 32.2. The summed E-state index contributed by atoms with van der Waals surface area (Å²) in [4.78, 5) is 5.53. The topological polar surface area (TPSA) is 52.0 Å². The van der Waals surface area contributed by atoms with Gasteiger partial charge in [0.2, 0.25) is 0 Å². The smallest absolute Gasteiger partial charge is 0.261 e. The fraction of sp³-hybridized carbons (Fsp3) is 0.308. The van der Waals surface area contributed by atoms with Gasteiger partial charge >= 0.3 is 0 Å². The first kappa shape index (κ1) is 12.2. The Morgan fingerprint density at radius 3 is 2.65 bits per heavy atom. The highest BCUT2D eigenvalue weighted by Crippen LogP contribution is 2.33. The summed E-state index contributed by atoms with van der Waals surface area (Å²) in [6.45, 7) is 6.48. The fourth-order valence-electron chi connectivity index (χ4n) is 1.59. The zero-order valence-corrected chi connectivity index (χ0v) is 11.1. The molecule has 1 aromatic heterocycles. The second-order valence-electron chi connectivity index (χ2n) is 3.99. The second kappa shape index (κ2) is 4.94. The summed E-state index contributed by atoms with van der Waals surface area (Å²) in [5, 5.41) is 0.684. The average Bonchev–Trinajstić information content (AvgIpc) is 2.61. The van der Waals surface area contributed by atoms with Gasteiger partial charge in [-0.1, -0.05) is 18.2 Å². The zero-order chi connectivity index (χ0) is 12.4.